The van der Waals surface area contributed by atoms with Crippen molar-refractivity contribution in [3.63, 3.8) is 0 Å². The van der Waals surface area contributed by atoms with Crippen molar-refractivity contribution in [2.45, 2.75) is 33.1 Å². The van der Waals surface area contributed by atoms with Gasteiger partial charge in [0.25, 0.3) is 0 Å². The average Bonchev–Trinajstić information content (AvgIpc) is 2.17. The molecule has 0 heteroatoms. The summed E-state index contributed by atoms with van der Waals surface area (Å²) >= 11 is 0. The van der Waals surface area contributed by atoms with Crippen LogP contribution in [0.25, 0.3) is 0 Å². The first-order chi connectivity index (χ1) is 6.27. The van der Waals surface area contributed by atoms with E-state index < -0.39 is 0 Å². The smallest absolute Gasteiger partial charge is 0.0160 e. The largest absolute Gasteiger partial charge is 0.0801 e. The second-order valence-corrected chi connectivity index (χ2v) is 4.47. The molecule has 0 radical (unpaired) electrons. The molecule has 0 nitrogen and oxygen atoms in total. The van der Waals surface area contributed by atoms with E-state index in [1.807, 2.05) is 0 Å². The Hall–Kier alpha value is -0.780. The Kier molecular flexibility index (Phi) is 2.39. The zero-order valence-electron chi connectivity index (χ0n) is 8.59. The van der Waals surface area contributed by atoms with E-state index in [1.54, 1.807) is 5.57 Å². The molecular weight excluding hydrogens is 156 g/mol. The lowest BCUT2D eigenvalue weighted by molar-refractivity contribution is 0.378. The third kappa shape index (κ3) is 1.77. The van der Waals surface area contributed by atoms with Gasteiger partial charge in [0.2, 0.25) is 0 Å². The highest BCUT2D eigenvalue weighted by molar-refractivity contribution is 5.44. The number of hydrogen-bond donors (Lipinski definition) is 0. The van der Waals surface area contributed by atoms with Gasteiger partial charge in [-0.15, -0.1) is 0 Å². The van der Waals surface area contributed by atoms with Crippen LogP contribution in [0.1, 0.15) is 33.1 Å². The minimum Gasteiger partial charge on any atom is -0.0801 e. The molecule has 2 rings (SSSR count). The Morgan fingerprint density at radius 1 is 1.31 bits per heavy atom. The Balaban J connectivity index is 2.17. The van der Waals surface area contributed by atoms with Crippen LogP contribution in [-0.4, -0.2) is 0 Å². The van der Waals surface area contributed by atoms with Gasteiger partial charge in [-0.1, -0.05) is 38.2 Å². The average molecular weight is 174 g/mol. The van der Waals surface area contributed by atoms with E-state index >= 15 is 0 Å². The third-order valence-corrected chi connectivity index (χ3v) is 3.23. The Bertz CT molecular complexity index is 276. The molecule has 0 spiro atoms. The van der Waals surface area contributed by atoms with Gasteiger partial charge in [-0.3, -0.25) is 0 Å². The van der Waals surface area contributed by atoms with Gasteiger partial charge in [0.05, 0.1) is 0 Å². The first-order valence-electron chi connectivity index (χ1n) is 5.33. The van der Waals surface area contributed by atoms with Gasteiger partial charge in [-0.25, -0.2) is 0 Å². The lowest BCUT2D eigenvalue weighted by atomic mass is 9.78. The number of fused-ring (bicyclic) bond motifs is 1. The molecule has 0 aromatic heterocycles. The third-order valence-electron chi connectivity index (χ3n) is 3.23. The summed E-state index contributed by atoms with van der Waals surface area (Å²) in [6.45, 7) is 4.67. The molecule has 1 atom stereocenters. The molecule has 0 aromatic rings. The summed E-state index contributed by atoms with van der Waals surface area (Å²) in [4.78, 5) is 0. The molecule has 2 aliphatic carbocycles. The van der Waals surface area contributed by atoms with Crippen molar-refractivity contribution in [1.82, 2.24) is 0 Å². The predicted octanol–water partition coefficient (Wildman–Crippen LogP) is 3.87. The number of allylic oxidation sites excluding steroid dienone is 6. The van der Waals surface area contributed by atoms with Crippen LogP contribution < -0.4 is 0 Å². The molecule has 0 heterocycles. The van der Waals surface area contributed by atoms with E-state index in [4.69, 9.17) is 0 Å². The van der Waals surface area contributed by atoms with Crippen molar-refractivity contribution in [1.29, 1.82) is 0 Å². The Morgan fingerprint density at radius 3 is 2.92 bits per heavy atom. The molecule has 0 saturated carbocycles. The van der Waals surface area contributed by atoms with Gasteiger partial charge >= 0.3 is 0 Å². The highest BCUT2D eigenvalue weighted by atomic mass is 14.3. The lowest BCUT2D eigenvalue weighted by Gasteiger charge is -2.27. The minimum absolute atomic E-state index is 0.824. The normalized spacial score (nSPS) is 26.8. The highest BCUT2D eigenvalue weighted by Crippen LogP contribution is 2.35. The maximum atomic E-state index is 2.41. The molecule has 2 aliphatic rings. The van der Waals surface area contributed by atoms with E-state index in [9.17, 15) is 0 Å². The molecule has 0 N–H and O–H groups in total. The van der Waals surface area contributed by atoms with Crippen LogP contribution in [0.4, 0.5) is 0 Å². The van der Waals surface area contributed by atoms with Gasteiger partial charge < -0.3 is 0 Å². The van der Waals surface area contributed by atoms with Crippen molar-refractivity contribution in [2.24, 2.45) is 11.8 Å². The molecule has 0 fully saturated rings. The van der Waals surface area contributed by atoms with Gasteiger partial charge in [-0.2, -0.15) is 0 Å². The van der Waals surface area contributed by atoms with Gasteiger partial charge in [0.1, 0.15) is 0 Å². The fourth-order valence-corrected chi connectivity index (χ4v) is 2.18. The molecular formula is C13H18. The van der Waals surface area contributed by atoms with Crippen molar-refractivity contribution in [2.75, 3.05) is 0 Å². The van der Waals surface area contributed by atoms with Crippen molar-refractivity contribution in [3.8, 4) is 0 Å². The van der Waals surface area contributed by atoms with Gasteiger partial charge in [0.15, 0.2) is 0 Å². The lowest BCUT2D eigenvalue weighted by Crippen LogP contribution is -2.14. The Labute approximate surface area is 81.0 Å². The molecule has 0 amide bonds. The molecule has 13 heavy (non-hydrogen) atoms. The maximum absolute atomic E-state index is 2.41. The zero-order chi connectivity index (χ0) is 9.26. The summed E-state index contributed by atoms with van der Waals surface area (Å²) in [5.41, 5.74) is 3.08. The van der Waals surface area contributed by atoms with Crippen molar-refractivity contribution >= 4 is 0 Å². The van der Waals surface area contributed by atoms with Crippen LogP contribution in [0.5, 0.6) is 0 Å². The highest BCUT2D eigenvalue weighted by Gasteiger charge is 2.20. The van der Waals surface area contributed by atoms with E-state index in [1.165, 1.54) is 18.4 Å². The first-order valence-corrected chi connectivity index (χ1v) is 5.33. The maximum Gasteiger partial charge on any atom is -0.0160 e. The van der Waals surface area contributed by atoms with E-state index in [0.717, 1.165) is 18.3 Å². The quantitative estimate of drug-likeness (QED) is 0.566. The topological polar surface area (TPSA) is 0 Å². The van der Waals surface area contributed by atoms with Crippen LogP contribution in [0.2, 0.25) is 0 Å². The van der Waals surface area contributed by atoms with E-state index in [0.29, 0.717) is 0 Å². The molecule has 0 aliphatic heterocycles. The fourth-order valence-electron chi connectivity index (χ4n) is 2.18. The summed E-state index contributed by atoms with van der Waals surface area (Å²) < 4.78 is 0. The van der Waals surface area contributed by atoms with Crippen LogP contribution >= 0.6 is 0 Å². The van der Waals surface area contributed by atoms with Gasteiger partial charge in [0, 0.05) is 0 Å². The number of hydrogen-bond acceptors (Lipinski definition) is 0. The monoisotopic (exact) mass is 174 g/mol. The summed E-state index contributed by atoms with van der Waals surface area (Å²) in [5.74, 6) is 1.70. The van der Waals surface area contributed by atoms with Crippen molar-refractivity contribution < 1.29 is 0 Å². The second-order valence-electron chi connectivity index (χ2n) is 4.47. The van der Waals surface area contributed by atoms with Crippen molar-refractivity contribution in [3.05, 3.63) is 35.5 Å². The fraction of sp³-hybridized carbons (Fsp3) is 0.538. The standard InChI is InChI=1S/C13H18/c1-10(2)12-8-7-11-5-3-4-6-13(11)9-12/h3,5-7,10,12H,4,8-9H2,1-2H3. The zero-order valence-corrected chi connectivity index (χ0v) is 8.59. The molecule has 0 aromatic carbocycles. The molecule has 1 unspecified atom stereocenters. The number of rotatable bonds is 1. The summed E-state index contributed by atoms with van der Waals surface area (Å²) in [7, 11) is 0. The summed E-state index contributed by atoms with van der Waals surface area (Å²) in [6, 6.07) is 0. The van der Waals surface area contributed by atoms with E-state index in [-0.39, 0.29) is 0 Å². The van der Waals surface area contributed by atoms with Crippen LogP contribution in [0.3, 0.4) is 0 Å². The van der Waals surface area contributed by atoms with Gasteiger partial charge in [-0.05, 0) is 42.2 Å². The molecule has 70 valence electrons. The SMILES string of the molecule is CC(C)C1CC=C2C=CCC=C2C1. The first kappa shape index (κ1) is 8.80. The van der Waals surface area contributed by atoms with Crippen LogP contribution in [0, 0.1) is 11.8 Å². The van der Waals surface area contributed by atoms with E-state index in [2.05, 4.69) is 38.2 Å². The second kappa shape index (κ2) is 3.53. The minimum atomic E-state index is 0.824. The Morgan fingerprint density at radius 2 is 2.15 bits per heavy atom. The predicted molar refractivity (Wildman–Crippen MR) is 57.5 cm³/mol. The molecule has 0 saturated heterocycles. The molecule has 0 bridgehead atoms. The summed E-state index contributed by atoms with van der Waals surface area (Å²) in [5, 5.41) is 0. The summed E-state index contributed by atoms with van der Waals surface area (Å²) in [6.07, 6.45) is 13.0. The van der Waals surface area contributed by atoms with Crippen LogP contribution in [-0.2, 0) is 0 Å². The van der Waals surface area contributed by atoms with Crippen LogP contribution in [0.15, 0.2) is 35.5 Å².